The second kappa shape index (κ2) is 7.93. The van der Waals surface area contributed by atoms with Crippen LogP contribution in [0.4, 0.5) is 4.39 Å². The summed E-state index contributed by atoms with van der Waals surface area (Å²) in [5.74, 6) is 1.64. The molecule has 1 amide bonds. The molecule has 1 aromatic heterocycles. The zero-order chi connectivity index (χ0) is 20.7. The van der Waals surface area contributed by atoms with Crippen LogP contribution in [0.2, 0.25) is 5.02 Å². The van der Waals surface area contributed by atoms with Crippen LogP contribution in [0.5, 0.6) is 0 Å². The van der Waals surface area contributed by atoms with E-state index in [0.717, 1.165) is 56.7 Å². The molecular formula is C22H25ClFN3O3. The monoisotopic (exact) mass is 433 g/mol. The molecule has 0 N–H and O–H groups in total. The van der Waals surface area contributed by atoms with Crippen LogP contribution in [-0.4, -0.2) is 46.2 Å². The van der Waals surface area contributed by atoms with E-state index in [1.807, 2.05) is 0 Å². The summed E-state index contributed by atoms with van der Waals surface area (Å²) < 4.78 is 25.7. The van der Waals surface area contributed by atoms with Crippen molar-refractivity contribution in [2.45, 2.75) is 56.5 Å². The lowest BCUT2D eigenvalue weighted by atomic mass is 9.78. The molecule has 3 fully saturated rings. The van der Waals surface area contributed by atoms with Crippen LogP contribution in [0.25, 0.3) is 0 Å². The first-order valence-corrected chi connectivity index (χ1v) is 11.1. The minimum Gasteiger partial charge on any atom is -0.375 e. The maximum absolute atomic E-state index is 14.1. The third kappa shape index (κ3) is 4.10. The van der Waals surface area contributed by atoms with Crippen molar-refractivity contribution in [2.75, 3.05) is 19.7 Å². The fraction of sp³-hybridized carbons (Fsp3) is 0.591. The molecule has 2 aliphatic heterocycles. The SMILES string of the molecule is O=C(c1cc(Cl)ccc1F)N1CCC2(CC1)CC(Cc1noc(C3CC3)n1)CCO2. The molecule has 2 saturated heterocycles. The smallest absolute Gasteiger partial charge is 0.256 e. The van der Waals surface area contributed by atoms with E-state index >= 15 is 0 Å². The molecule has 0 bridgehead atoms. The van der Waals surface area contributed by atoms with Crippen molar-refractivity contribution in [3.63, 3.8) is 0 Å². The van der Waals surface area contributed by atoms with Gasteiger partial charge in [0.25, 0.3) is 5.91 Å². The van der Waals surface area contributed by atoms with E-state index in [1.165, 1.54) is 18.2 Å². The Morgan fingerprint density at radius 3 is 2.83 bits per heavy atom. The molecule has 6 nitrogen and oxygen atoms in total. The number of nitrogens with zero attached hydrogens (tertiary/aromatic N) is 3. The number of benzene rings is 1. The number of piperidine rings is 1. The Bertz CT molecular complexity index is 937. The van der Waals surface area contributed by atoms with Gasteiger partial charge in [-0.3, -0.25) is 4.79 Å². The second-order valence-corrected chi connectivity index (χ2v) is 9.27. The summed E-state index contributed by atoms with van der Waals surface area (Å²) in [5.41, 5.74) is -0.195. The van der Waals surface area contributed by atoms with Crippen molar-refractivity contribution >= 4 is 17.5 Å². The molecule has 3 aliphatic rings. The van der Waals surface area contributed by atoms with E-state index in [-0.39, 0.29) is 17.1 Å². The fourth-order valence-corrected chi connectivity index (χ4v) is 4.88. The molecule has 1 aromatic carbocycles. The largest absolute Gasteiger partial charge is 0.375 e. The highest BCUT2D eigenvalue weighted by atomic mass is 35.5. The van der Waals surface area contributed by atoms with Crippen molar-refractivity contribution in [1.29, 1.82) is 0 Å². The van der Waals surface area contributed by atoms with Crippen LogP contribution in [0.3, 0.4) is 0 Å². The van der Waals surface area contributed by atoms with Gasteiger partial charge in [-0.25, -0.2) is 4.39 Å². The summed E-state index contributed by atoms with van der Waals surface area (Å²) >= 11 is 5.95. The van der Waals surface area contributed by atoms with Crippen LogP contribution < -0.4 is 0 Å². The number of halogens is 2. The van der Waals surface area contributed by atoms with Gasteiger partial charge in [0, 0.05) is 37.1 Å². The fourth-order valence-electron chi connectivity index (χ4n) is 4.71. The summed E-state index contributed by atoms with van der Waals surface area (Å²) in [5, 5.41) is 4.52. The summed E-state index contributed by atoms with van der Waals surface area (Å²) in [4.78, 5) is 19.0. The second-order valence-electron chi connectivity index (χ2n) is 8.83. The molecule has 5 rings (SSSR count). The predicted octanol–water partition coefficient (Wildman–Crippen LogP) is 4.38. The summed E-state index contributed by atoms with van der Waals surface area (Å²) in [7, 11) is 0. The number of carbonyl (C=O) groups is 1. The zero-order valence-electron chi connectivity index (χ0n) is 16.8. The van der Waals surface area contributed by atoms with Crippen molar-refractivity contribution in [3.05, 3.63) is 46.3 Å². The lowest BCUT2D eigenvalue weighted by Gasteiger charge is -2.46. The first-order chi connectivity index (χ1) is 14.5. The molecule has 1 spiro atoms. The van der Waals surface area contributed by atoms with Gasteiger partial charge in [0.2, 0.25) is 5.89 Å². The highest BCUT2D eigenvalue weighted by Gasteiger charge is 2.42. The standard InChI is InChI=1S/C22H25ClFN3O3/c23-16-3-4-18(24)17(12-16)21(28)27-8-6-22(7-9-27)13-14(5-10-29-22)11-19-25-20(30-26-19)15-1-2-15/h3-4,12,14-15H,1-2,5-11,13H2. The van der Waals surface area contributed by atoms with Gasteiger partial charge in [-0.05, 0) is 62.6 Å². The van der Waals surface area contributed by atoms with Gasteiger partial charge < -0.3 is 14.2 Å². The molecule has 1 aliphatic carbocycles. The summed E-state index contributed by atoms with van der Waals surface area (Å²) in [6.07, 6.45) is 6.50. The highest BCUT2D eigenvalue weighted by Crippen LogP contribution is 2.41. The minimum absolute atomic E-state index is 0.0319. The third-order valence-electron chi connectivity index (χ3n) is 6.60. The van der Waals surface area contributed by atoms with Crippen LogP contribution >= 0.6 is 11.6 Å². The molecule has 8 heteroatoms. The molecule has 3 heterocycles. The number of aromatic nitrogens is 2. The number of carbonyl (C=O) groups excluding carboxylic acids is 1. The minimum atomic E-state index is -0.538. The number of hydrogen-bond donors (Lipinski definition) is 0. The van der Waals surface area contributed by atoms with E-state index in [4.69, 9.17) is 20.9 Å². The zero-order valence-corrected chi connectivity index (χ0v) is 17.5. The van der Waals surface area contributed by atoms with Crippen molar-refractivity contribution in [2.24, 2.45) is 5.92 Å². The lowest BCUT2D eigenvalue weighted by Crippen LogP contribution is -2.51. The number of amides is 1. The van der Waals surface area contributed by atoms with E-state index in [1.54, 1.807) is 4.90 Å². The van der Waals surface area contributed by atoms with Gasteiger partial charge in [0.05, 0.1) is 11.2 Å². The van der Waals surface area contributed by atoms with Gasteiger partial charge in [-0.15, -0.1) is 0 Å². The summed E-state index contributed by atoms with van der Waals surface area (Å²) in [6, 6.07) is 4.09. The number of rotatable bonds is 4. The Labute approximate surface area is 179 Å². The van der Waals surface area contributed by atoms with Crippen molar-refractivity contribution in [3.8, 4) is 0 Å². The van der Waals surface area contributed by atoms with E-state index < -0.39 is 5.82 Å². The average Bonchev–Trinajstić information content (AvgIpc) is 3.49. The van der Waals surface area contributed by atoms with Crippen LogP contribution in [0, 0.1) is 11.7 Å². The molecule has 0 radical (unpaired) electrons. The topological polar surface area (TPSA) is 68.5 Å². The molecule has 1 unspecified atom stereocenters. The quantitative estimate of drug-likeness (QED) is 0.715. The Hall–Kier alpha value is -1.99. The van der Waals surface area contributed by atoms with Gasteiger partial charge in [0.1, 0.15) is 5.82 Å². The number of ether oxygens (including phenoxy) is 1. The predicted molar refractivity (Wildman–Crippen MR) is 108 cm³/mol. The maximum Gasteiger partial charge on any atom is 0.256 e. The molecule has 1 atom stereocenters. The van der Waals surface area contributed by atoms with Crippen LogP contribution in [-0.2, 0) is 11.2 Å². The molecule has 30 heavy (non-hydrogen) atoms. The van der Waals surface area contributed by atoms with Crippen molar-refractivity contribution < 1.29 is 18.4 Å². The normalized spacial score (nSPS) is 23.7. The number of hydrogen-bond acceptors (Lipinski definition) is 5. The molecular weight excluding hydrogens is 409 g/mol. The number of likely N-dealkylation sites (tertiary alicyclic amines) is 1. The lowest BCUT2D eigenvalue weighted by molar-refractivity contribution is -0.123. The van der Waals surface area contributed by atoms with Crippen LogP contribution in [0.15, 0.2) is 22.7 Å². The maximum atomic E-state index is 14.1. The Balaban J connectivity index is 1.20. The molecule has 160 valence electrons. The average molecular weight is 434 g/mol. The van der Waals surface area contributed by atoms with Gasteiger partial charge in [0.15, 0.2) is 5.82 Å². The van der Waals surface area contributed by atoms with Gasteiger partial charge in [-0.2, -0.15) is 4.98 Å². The van der Waals surface area contributed by atoms with E-state index in [2.05, 4.69) is 10.1 Å². The summed E-state index contributed by atoms with van der Waals surface area (Å²) in [6.45, 7) is 1.80. The first-order valence-electron chi connectivity index (χ1n) is 10.7. The highest BCUT2D eigenvalue weighted by molar-refractivity contribution is 6.31. The first kappa shape index (κ1) is 19.9. The third-order valence-corrected chi connectivity index (χ3v) is 6.83. The van der Waals surface area contributed by atoms with Crippen molar-refractivity contribution in [1.82, 2.24) is 15.0 Å². The Morgan fingerprint density at radius 1 is 1.27 bits per heavy atom. The van der Waals surface area contributed by atoms with E-state index in [9.17, 15) is 9.18 Å². The van der Waals surface area contributed by atoms with Gasteiger partial charge in [-0.1, -0.05) is 16.8 Å². The van der Waals surface area contributed by atoms with E-state index in [0.29, 0.717) is 36.6 Å². The Morgan fingerprint density at radius 2 is 2.07 bits per heavy atom. The van der Waals surface area contributed by atoms with Crippen LogP contribution in [0.1, 0.15) is 66.5 Å². The molecule has 1 saturated carbocycles. The van der Waals surface area contributed by atoms with Gasteiger partial charge >= 0.3 is 0 Å². The Kier molecular flexibility index (Phi) is 5.27. The molecule has 2 aromatic rings.